The van der Waals surface area contributed by atoms with Gasteiger partial charge in [-0.25, -0.2) is 0 Å². The number of aliphatic hydroxyl groups is 1. The summed E-state index contributed by atoms with van der Waals surface area (Å²) >= 11 is 0. The third-order valence-electron chi connectivity index (χ3n) is 7.15. The summed E-state index contributed by atoms with van der Waals surface area (Å²) in [6.07, 6.45) is 3.63. The Balaban J connectivity index is 3.15. The summed E-state index contributed by atoms with van der Waals surface area (Å²) in [5.41, 5.74) is 0. The van der Waals surface area contributed by atoms with Gasteiger partial charge < -0.3 is 14.0 Å². The van der Waals surface area contributed by atoms with Crippen molar-refractivity contribution >= 4 is 16.6 Å². The van der Waals surface area contributed by atoms with E-state index in [1.165, 1.54) is 0 Å². The molecule has 5 heteroatoms. The van der Waals surface area contributed by atoms with Crippen LogP contribution in [-0.2, 0) is 8.85 Å². The van der Waals surface area contributed by atoms with Crippen molar-refractivity contribution in [2.24, 2.45) is 11.8 Å². The highest BCUT2D eigenvalue weighted by molar-refractivity contribution is 6.74. The van der Waals surface area contributed by atoms with Gasteiger partial charge in [-0.15, -0.1) is 0 Å². The van der Waals surface area contributed by atoms with Gasteiger partial charge in [0.1, 0.15) is 0 Å². The molecule has 26 heavy (non-hydrogen) atoms. The number of aliphatic hydroxyl groups excluding tert-OH is 1. The fraction of sp³-hybridized carbons (Fsp3) is 0.905. The van der Waals surface area contributed by atoms with E-state index in [9.17, 15) is 5.11 Å². The Hall–Kier alpha value is 0.0538. The summed E-state index contributed by atoms with van der Waals surface area (Å²) in [5.74, 6) is 0.329. The highest BCUT2D eigenvalue weighted by Gasteiger charge is 2.45. The highest BCUT2D eigenvalue weighted by Crippen LogP contribution is 2.41. The first-order valence-corrected chi connectivity index (χ1v) is 16.0. The van der Waals surface area contributed by atoms with Crippen molar-refractivity contribution in [1.82, 2.24) is 0 Å². The zero-order valence-electron chi connectivity index (χ0n) is 18.9. The van der Waals surface area contributed by atoms with Crippen LogP contribution in [0.15, 0.2) is 12.2 Å². The van der Waals surface area contributed by atoms with E-state index in [2.05, 4.69) is 74.6 Å². The van der Waals surface area contributed by atoms with Gasteiger partial charge in [-0.05, 0) is 36.3 Å². The number of hydrogen-bond acceptors (Lipinski definition) is 3. The minimum Gasteiger partial charge on any atom is -0.413 e. The molecule has 0 saturated carbocycles. The van der Waals surface area contributed by atoms with Gasteiger partial charge in [-0.2, -0.15) is 0 Å². The summed E-state index contributed by atoms with van der Waals surface area (Å²) in [4.78, 5) is 0. The average molecular weight is 401 g/mol. The third-order valence-corrected chi connectivity index (χ3v) is 16.3. The number of rotatable bonds is 7. The Morgan fingerprint density at radius 3 is 1.81 bits per heavy atom. The lowest BCUT2D eigenvalue weighted by Gasteiger charge is -2.44. The van der Waals surface area contributed by atoms with Gasteiger partial charge in [-0.1, -0.05) is 67.5 Å². The molecule has 0 radical (unpaired) electrons. The summed E-state index contributed by atoms with van der Waals surface area (Å²) in [7, 11) is -3.64. The van der Waals surface area contributed by atoms with E-state index in [1.807, 2.05) is 6.08 Å². The van der Waals surface area contributed by atoms with Gasteiger partial charge in [0.2, 0.25) is 0 Å². The molecule has 0 aromatic carbocycles. The zero-order valence-corrected chi connectivity index (χ0v) is 20.9. The van der Waals surface area contributed by atoms with Crippen LogP contribution < -0.4 is 0 Å². The fourth-order valence-corrected chi connectivity index (χ4v) is 7.93. The van der Waals surface area contributed by atoms with Crippen molar-refractivity contribution in [3.05, 3.63) is 12.2 Å². The Bertz CT molecular complexity index is 458. The minimum atomic E-state index is -1.89. The summed E-state index contributed by atoms with van der Waals surface area (Å²) in [6, 6.07) is 3.40. The maximum Gasteiger partial charge on any atom is 0.192 e. The van der Waals surface area contributed by atoms with Crippen molar-refractivity contribution in [2.75, 3.05) is 0 Å². The third kappa shape index (κ3) is 5.31. The lowest BCUT2D eigenvalue weighted by molar-refractivity contribution is -0.000793. The van der Waals surface area contributed by atoms with Crippen LogP contribution in [0.2, 0.25) is 36.3 Å². The summed E-state index contributed by atoms with van der Waals surface area (Å²) in [6.45, 7) is 22.6. The van der Waals surface area contributed by atoms with E-state index in [-0.39, 0.29) is 29.1 Å². The second kappa shape index (κ2) is 9.04. The predicted molar refractivity (Wildman–Crippen MR) is 118 cm³/mol. The van der Waals surface area contributed by atoms with Crippen molar-refractivity contribution in [2.45, 2.75) is 110 Å². The summed E-state index contributed by atoms with van der Waals surface area (Å²) in [5, 5.41) is 10.8. The quantitative estimate of drug-likeness (QED) is 0.422. The fourth-order valence-electron chi connectivity index (χ4n) is 3.60. The predicted octanol–water partition coefficient (Wildman–Crippen LogP) is 5.97. The second-order valence-corrected chi connectivity index (χ2v) is 19.2. The first-order chi connectivity index (χ1) is 11.8. The van der Waals surface area contributed by atoms with Gasteiger partial charge >= 0.3 is 0 Å². The lowest BCUT2D eigenvalue weighted by Crippen LogP contribution is -2.50. The second-order valence-electron chi connectivity index (χ2n) is 9.76. The van der Waals surface area contributed by atoms with Gasteiger partial charge in [0.25, 0.3) is 0 Å². The SMILES string of the molecule is CC[Si](CC)(CC)O[C@H]1[C@@H](C)[C@H](O[Si](C)(C)C(C)(C)C)C=C[C@@H](O)[C@H]1C. The lowest BCUT2D eigenvalue weighted by atomic mass is 9.89. The van der Waals surface area contributed by atoms with Crippen LogP contribution in [-0.4, -0.2) is 40.1 Å². The maximum atomic E-state index is 10.6. The Kier molecular flexibility index (Phi) is 8.37. The molecule has 3 nitrogen and oxygen atoms in total. The largest absolute Gasteiger partial charge is 0.413 e. The first-order valence-electron chi connectivity index (χ1n) is 10.6. The molecular formula is C21H44O3Si2. The monoisotopic (exact) mass is 400 g/mol. The van der Waals surface area contributed by atoms with Crippen LogP contribution in [0.5, 0.6) is 0 Å². The van der Waals surface area contributed by atoms with Crippen LogP contribution in [0.1, 0.15) is 55.4 Å². The van der Waals surface area contributed by atoms with E-state index < -0.39 is 22.7 Å². The van der Waals surface area contributed by atoms with Gasteiger partial charge in [0.15, 0.2) is 16.6 Å². The normalized spacial score (nSPS) is 31.1. The van der Waals surface area contributed by atoms with Gasteiger partial charge in [-0.3, -0.25) is 0 Å². The van der Waals surface area contributed by atoms with Gasteiger partial charge in [0, 0.05) is 11.8 Å². The minimum absolute atomic E-state index is 0.0118. The molecule has 154 valence electrons. The van der Waals surface area contributed by atoms with E-state index in [0.29, 0.717) is 0 Å². The van der Waals surface area contributed by atoms with Crippen LogP contribution in [0, 0.1) is 11.8 Å². The van der Waals surface area contributed by atoms with E-state index in [4.69, 9.17) is 8.85 Å². The Morgan fingerprint density at radius 1 is 0.885 bits per heavy atom. The van der Waals surface area contributed by atoms with Crippen molar-refractivity contribution in [1.29, 1.82) is 0 Å². The molecule has 0 heterocycles. The topological polar surface area (TPSA) is 38.7 Å². The molecule has 5 atom stereocenters. The van der Waals surface area contributed by atoms with E-state index >= 15 is 0 Å². The molecule has 0 saturated heterocycles. The van der Waals surface area contributed by atoms with Crippen LogP contribution in [0.3, 0.4) is 0 Å². The molecule has 0 aromatic heterocycles. The van der Waals surface area contributed by atoms with E-state index in [1.54, 1.807) is 0 Å². The summed E-state index contributed by atoms with van der Waals surface area (Å²) < 4.78 is 13.7. The molecule has 1 rings (SSSR count). The van der Waals surface area contributed by atoms with Crippen molar-refractivity contribution in [3.63, 3.8) is 0 Å². The van der Waals surface area contributed by atoms with E-state index in [0.717, 1.165) is 18.1 Å². The van der Waals surface area contributed by atoms with Crippen molar-refractivity contribution in [3.8, 4) is 0 Å². The number of hydrogen-bond donors (Lipinski definition) is 1. The molecule has 0 aromatic rings. The smallest absolute Gasteiger partial charge is 0.192 e. The molecule has 0 aliphatic heterocycles. The molecule has 0 amide bonds. The molecule has 1 aliphatic rings. The molecule has 0 bridgehead atoms. The Labute approximate surface area is 164 Å². The van der Waals surface area contributed by atoms with Crippen LogP contribution >= 0.6 is 0 Å². The maximum absolute atomic E-state index is 10.6. The molecular weight excluding hydrogens is 356 g/mol. The molecule has 1 N–H and O–H groups in total. The molecule has 0 spiro atoms. The first kappa shape index (κ1) is 24.1. The Morgan fingerprint density at radius 2 is 1.38 bits per heavy atom. The molecule has 0 unspecified atom stereocenters. The van der Waals surface area contributed by atoms with Crippen LogP contribution in [0.4, 0.5) is 0 Å². The van der Waals surface area contributed by atoms with Crippen molar-refractivity contribution < 1.29 is 14.0 Å². The van der Waals surface area contributed by atoms with Gasteiger partial charge in [0.05, 0.1) is 18.3 Å². The molecule has 1 aliphatic carbocycles. The average Bonchev–Trinajstić information content (AvgIpc) is 2.65. The van der Waals surface area contributed by atoms with Crippen LogP contribution in [0.25, 0.3) is 0 Å². The molecule has 0 fully saturated rings. The highest BCUT2D eigenvalue weighted by atomic mass is 28.4. The standard InChI is InChI=1S/C21H44O3Si2/c1-11-26(12-2,13-3)24-20-16(4)18(22)14-15-19(17(20)5)23-25(9,10)21(6,7)8/h14-20,22H,11-13H2,1-10H3/t16-,17+,18-,19-,20-/m1/s1. The zero-order chi connectivity index (χ0) is 20.3.